The standard InChI is InChI=1S/C23H30F3N3O6/c1-3-10-28(15-8-6-5-7-9-15)22(32)34-14-18-17(33-11-4-2)12-19(35-18)29-13-16(23(24,25)26)20(30)27-21(29)31/h2,13,15,17-19H,3,5-12,14H2,1H3,(H,27,30,31)/t17-,18+,19+/m0/s1. The van der Waals surface area contributed by atoms with Crippen LogP contribution in [0, 0.1) is 12.3 Å². The van der Waals surface area contributed by atoms with Crippen LogP contribution in [0.15, 0.2) is 15.8 Å². The van der Waals surface area contributed by atoms with Crippen LogP contribution in [0.5, 0.6) is 0 Å². The van der Waals surface area contributed by atoms with E-state index in [1.165, 1.54) is 0 Å². The summed E-state index contributed by atoms with van der Waals surface area (Å²) in [7, 11) is 0. The first-order valence-electron chi connectivity index (χ1n) is 11.7. The summed E-state index contributed by atoms with van der Waals surface area (Å²) in [5, 5.41) is 0. The lowest BCUT2D eigenvalue weighted by molar-refractivity contribution is -0.139. The van der Waals surface area contributed by atoms with Gasteiger partial charge in [-0.15, -0.1) is 6.42 Å². The number of H-pyrrole nitrogens is 1. The minimum absolute atomic E-state index is 0.0333. The number of alkyl halides is 3. The number of nitrogens with one attached hydrogen (secondary N) is 1. The Morgan fingerprint density at radius 1 is 1.31 bits per heavy atom. The summed E-state index contributed by atoms with van der Waals surface area (Å²) >= 11 is 0. The fourth-order valence-electron chi connectivity index (χ4n) is 4.55. The van der Waals surface area contributed by atoms with Gasteiger partial charge in [0.25, 0.3) is 5.56 Å². The highest BCUT2D eigenvalue weighted by molar-refractivity contribution is 5.68. The number of carbonyl (C=O) groups excluding carboxylic acids is 1. The number of hydrogen-bond donors (Lipinski definition) is 1. The van der Waals surface area contributed by atoms with Crippen LogP contribution in [0.4, 0.5) is 18.0 Å². The zero-order valence-corrected chi connectivity index (χ0v) is 19.5. The fourth-order valence-corrected chi connectivity index (χ4v) is 4.55. The van der Waals surface area contributed by atoms with Crippen LogP contribution in [0.3, 0.4) is 0 Å². The molecule has 2 aliphatic rings. The largest absolute Gasteiger partial charge is 0.447 e. The Hall–Kier alpha value is -2.78. The smallest absolute Gasteiger partial charge is 0.423 e. The van der Waals surface area contributed by atoms with E-state index in [1.807, 2.05) is 6.92 Å². The van der Waals surface area contributed by atoms with Crippen LogP contribution in [0.1, 0.15) is 63.7 Å². The van der Waals surface area contributed by atoms with E-state index < -0.39 is 47.5 Å². The topological polar surface area (TPSA) is 103 Å². The van der Waals surface area contributed by atoms with Crippen LogP contribution >= 0.6 is 0 Å². The molecule has 35 heavy (non-hydrogen) atoms. The second kappa shape index (κ2) is 11.8. The minimum Gasteiger partial charge on any atom is -0.447 e. The molecule has 1 aliphatic carbocycles. The highest BCUT2D eigenvalue weighted by Gasteiger charge is 2.41. The maximum absolute atomic E-state index is 13.2. The van der Waals surface area contributed by atoms with Gasteiger partial charge < -0.3 is 19.1 Å². The Morgan fingerprint density at radius 2 is 2.03 bits per heavy atom. The third kappa shape index (κ3) is 6.67. The Bertz CT molecular complexity index is 1030. The maximum atomic E-state index is 13.2. The molecule has 0 spiro atoms. The molecule has 12 heteroatoms. The number of aromatic nitrogens is 2. The van der Waals surface area contributed by atoms with Gasteiger partial charge in [0, 0.05) is 25.2 Å². The molecule has 2 heterocycles. The second-order valence-corrected chi connectivity index (χ2v) is 8.69. The summed E-state index contributed by atoms with van der Waals surface area (Å²) < 4.78 is 57.1. The van der Waals surface area contributed by atoms with E-state index in [1.54, 1.807) is 9.88 Å². The van der Waals surface area contributed by atoms with Crippen molar-refractivity contribution in [2.45, 2.75) is 82.5 Å². The van der Waals surface area contributed by atoms with Gasteiger partial charge >= 0.3 is 18.0 Å². The van der Waals surface area contributed by atoms with Crippen molar-refractivity contribution in [2.75, 3.05) is 19.8 Å². The molecule has 0 radical (unpaired) electrons. The molecule has 3 rings (SSSR count). The Balaban J connectivity index is 1.74. The second-order valence-electron chi connectivity index (χ2n) is 8.69. The van der Waals surface area contributed by atoms with Crippen LogP contribution in [-0.4, -0.2) is 58.6 Å². The molecule has 9 nitrogen and oxygen atoms in total. The number of aromatic amines is 1. The summed E-state index contributed by atoms with van der Waals surface area (Å²) in [5.74, 6) is 2.30. The molecule has 1 aromatic rings. The molecule has 0 unspecified atom stereocenters. The Kier molecular flexibility index (Phi) is 9.02. The van der Waals surface area contributed by atoms with Gasteiger partial charge in [-0.05, 0) is 19.3 Å². The molecule has 1 saturated carbocycles. The van der Waals surface area contributed by atoms with Gasteiger partial charge in [0.1, 0.15) is 31.1 Å². The van der Waals surface area contributed by atoms with Crippen LogP contribution < -0.4 is 11.2 Å². The zero-order chi connectivity index (χ0) is 25.6. The SMILES string of the molecule is C#CCO[C@H]1C[C@H](n2cc(C(F)(F)F)c(=O)[nH]c2=O)O[C@@H]1COC(=O)N(CCC)C1CCCCC1. The molecule has 1 amide bonds. The molecule has 1 N–H and O–H groups in total. The normalized spacial score (nSPS) is 23.1. The lowest BCUT2D eigenvalue weighted by atomic mass is 9.94. The van der Waals surface area contributed by atoms with Crippen molar-refractivity contribution in [3.63, 3.8) is 0 Å². The van der Waals surface area contributed by atoms with Gasteiger partial charge in [-0.1, -0.05) is 32.1 Å². The van der Waals surface area contributed by atoms with Crippen molar-refractivity contribution in [2.24, 2.45) is 0 Å². The van der Waals surface area contributed by atoms with Gasteiger partial charge in [-0.3, -0.25) is 14.3 Å². The van der Waals surface area contributed by atoms with E-state index in [9.17, 15) is 27.6 Å². The quantitative estimate of drug-likeness (QED) is 0.550. The van der Waals surface area contributed by atoms with Gasteiger partial charge in [0.05, 0.1) is 6.10 Å². The van der Waals surface area contributed by atoms with Crippen molar-refractivity contribution in [1.82, 2.24) is 14.5 Å². The molecular formula is C23H30F3N3O6. The Morgan fingerprint density at radius 3 is 2.66 bits per heavy atom. The number of rotatable bonds is 8. The number of nitrogens with zero attached hydrogens (tertiary/aromatic N) is 2. The molecule has 2 fully saturated rings. The zero-order valence-electron chi connectivity index (χ0n) is 19.5. The minimum atomic E-state index is -4.96. The highest BCUT2D eigenvalue weighted by Crippen LogP contribution is 2.32. The van der Waals surface area contributed by atoms with Gasteiger partial charge in [-0.25, -0.2) is 9.59 Å². The molecule has 0 bridgehead atoms. The summed E-state index contributed by atoms with van der Waals surface area (Å²) in [5.41, 5.74) is -4.13. The van der Waals surface area contributed by atoms with Gasteiger partial charge in [0.15, 0.2) is 0 Å². The van der Waals surface area contributed by atoms with Gasteiger partial charge in [0.2, 0.25) is 0 Å². The van der Waals surface area contributed by atoms with Crippen molar-refractivity contribution in [3.05, 3.63) is 32.6 Å². The molecule has 1 aliphatic heterocycles. The molecular weight excluding hydrogens is 471 g/mol. The van der Waals surface area contributed by atoms with Crippen LogP contribution in [0.2, 0.25) is 0 Å². The molecule has 0 aromatic carbocycles. The van der Waals surface area contributed by atoms with Crippen molar-refractivity contribution in [3.8, 4) is 12.3 Å². The van der Waals surface area contributed by atoms with Crippen LogP contribution in [-0.2, 0) is 20.4 Å². The van der Waals surface area contributed by atoms with Crippen molar-refractivity contribution in [1.29, 1.82) is 0 Å². The first-order valence-corrected chi connectivity index (χ1v) is 11.7. The van der Waals surface area contributed by atoms with E-state index in [-0.39, 0.29) is 25.7 Å². The molecule has 3 atom stereocenters. The number of ether oxygens (including phenoxy) is 3. The number of amides is 1. The third-order valence-corrected chi connectivity index (χ3v) is 6.23. The van der Waals surface area contributed by atoms with E-state index in [0.717, 1.165) is 38.5 Å². The molecule has 1 saturated heterocycles. The molecule has 194 valence electrons. The van der Waals surface area contributed by atoms with Crippen molar-refractivity contribution >= 4 is 6.09 Å². The Labute approximate surface area is 200 Å². The lowest BCUT2D eigenvalue weighted by Crippen LogP contribution is -2.43. The summed E-state index contributed by atoms with van der Waals surface area (Å²) in [6.07, 6.45) is 3.18. The number of carbonyl (C=O) groups is 1. The number of halogens is 3. The first-order chi connectivity index (χ1) is 16.7. The maximum Gasteiger partial charge on any atom is 0.423 e. The van der Waals surface area contributed by atoms with Crippen LogP contribution in [0.25, 0.3) is 0 Å². The summed E-state index contributed by atoms with van der Waals surface area (Å²) in [4.78, 5) is 40.1. The van der Waals surface area contributed by atoms with E-state index >= 15 is 0 Å². The van der Waals surface area contributed by atoms with E-state index in [2.05, 4.69) is 5.92 Å². The number of terminal acetylenes is 1. The van der Waals surface area contributed by atoms with Crippen molar-refractivity contribution < 1.29 is 32.2 Å². The molecule has 1 aromatic heterocycles. The van der Waals surface area contributed by atoms with E-state index in [4.69, 9.17) is 20.6 Å². The monoisotopic (exact) mass is 501 g/mol. The summed E-state index contributed by atoms with van der Waals surface area (Å²) in [6.45, 7) is 2.17. The first kappa shape index (κ1) is 26.8. The average Bonchev–Trinajstić information content (AvgIpc) is 3.22. The highest BCUT2D eigenvalue weighted by atomic mass is 19.4. The third-order valence-electron chi connectivity index (χ3n) is 6.23. The predicted octanol–water partition coefficient (Wildman–Crippen LogP) is 3.04. The fraction of sp³-hybridized carbons (Fsp3) is 0.696. The van der Waals surface area contributed by atoms with Gasteiger partial charge in [-0.2, -0.15) is 13.2 Å². The predicted molar refractivity (Wildman–Crippen MR) is 119 cm³/mol. The average molecular weight is 502 g/mol. The van der Waals surface area contributed by atoms with E-state index in [0.29, 0.717) is 17.3 Å². The lowest BCUT2D eigenvalue weighted by Gasteiger charge is -2.33. The number of hydrogen-bond acceptors (Lipinski definition) is 6. The summed E-state index contributed by atoms with van der Waals surface area (Å²) in [6, 6.07) is 0.0995.